The van der Waals surface area contributed by atoms with E-state index < -0.39 is 0 Å². The SMILES string of the molecule is Clc1ccc(-c2csc(CN3CCN(c4ccccc4)CC3)n2)cc1. The van der Waals surface area contributed by atoms with Gasteiger partial charge in [-0.3, -0.25) is 4.90 Å². The largest absolute Gasteiger partial charge is 0.369 e. The number of aromatic nitrogens is 1. The fraction of sp³-hybridized carbons (Fsp3) is 0.250. The van der Waals surface area contributed by atoms with E-state index in [-0.39, 0.29) is 0 Å². The van der Waals surface area contributed by atoms with Gasteiger partial charge >= 0.3 is 0 Å². The molecule has 1 aliphatic heterocycles. The van der Waals surface area contributed by atoms with Crippen LogP contribution in [0.3, 0.4) is 0 Å². The Morgan fingerprint density at radius 1 is 0.920 bits per heavy atom. The predicted molar refractivity (Wildman–Crippen MR) is 106 cm³/mol. The van der Waals surface area contributed by atoms with Crippen molar-refractivity contribution < 1.29 is 0 Å². The van der Waals surface area contributed by atoms with Gasteiger partial charge in [-0.1, -0.05) is 41.9 Å². The molecule has 0 saturated carbocycles. The van der Waals surface area contributed by atoms with Gasteiger partial charge in [-0.15, -0.1) is 11.3 Å². The van der Waals surface area contributed by atoms with Crippen molar-refractivity contribution in [2.45, 2.75) is 6.54 Å². The Morgan fingerprint density at radius 3 is 2.36 bits per heavy atom. The normalized spacial score (nSPS) is 15.5. The van der Waals surface area contributed by atoms with Crippen LogP contribution in [-0.2, 0) is 6.54 Å². The van der Waals surface area contributed by atoms with Crippen molar-refractivity contribution in [3.63, 3.8) is 0 Å². The molecule has 1 saturated heterocycles. The maximum Gasteiger partial charge on any atom is 0.107 e. The molecule has 3 aromatic rings. The van der Waals surface area contributed by atoms with Gasteiger partial charge in [0.2, 0.25) is 0 Å². The molecule has 0 N–H and O–H groups in total. The van der Waals surface area contributed by atoms with Crippen molar-refractivity contribution in [2.24, 2.45) is 0 Å². The molecule has 1 aliphatic rings. The minimum absolute atomic E-state index is 0.760. The monoisotopic (exact) mass is 369 g/mol. The van der Waals surface area contributed by atoms with Gasteiger partial charge < -0.3 is 4.90 Å². The van der Waals surface area contributed by atoms with E-state index in [4.69, 9.17) is 16.6 Å². The summed E-state index contributed by atoms with van der Waals surface area (Å²) in [5.74, 6) is 0. The van der Waals surface area contributed by atoms with Crippen LogP contribution in [0.1, 0.15) is 5.01 Å². The lowest BCUT2D eigenvalue weighted by molar-refractivity contribution is 0.249. The lowest BCUT2D eigenvalue weighted by Gasteiger charge is -2.35. The number of piperazine rings is 1. The van der Waals surface area contributed by atoms with Crippen molar-refractivity contribution in [3.8, 4) is 11.3 Å². The van der Waals surface area contributed by atoms with Crippen molar-refractivity contribution in [2.75, 3.05) is 31.1 Å². The number of rotatable bonds is 4. The van der Waals surface area contributed by atoms with Gasteiger partial charge in [-0.2, -0.15) is 0 Å². The van der Waals surface area contributed by atoms with Crippen LogP contribution in [-0.4, -0.2) is 36.1 Å². The lowest BCUT2D eigenvalue weighted by atomic mass is 10.2. The predicted octanol–water partition coefficient (Wildman–Crippen LogP) is 4.79. The van der Waals surface area contributed by atoms with Gasteiger partial charge in [-0.25, -0.2) is 4.98 Å². The van der Waals surface area contributed by atoms with Crippen LogP contribution in [0.4, 0.5) is 5.69 Å². The number of anilines is 1. The van der Waals surface area contributed by atoms with E-state index >= 15 is 0 Å². The van der Waals surface area contributed by atoms with E-state index in [9.17, 15) is 0 Å². The van der Waals surface area contributed by atoms with Crippen LogP contribution < -0.4 is 4.90 Å². The van der Waals surface area contributed by atoms with Crippen LogP contribution in [0.15, 0.2) is 60.0 Å². The van der Waals surface area contributed by atoms with Crippen LogP contribution in [0.2, 0.25) is 5.02 Å². The molecule has 0 spiro atoms. The van der Waals surface area contributed by atoms with E-state index in [1.165, 1.54) is 10.7 Å². The Bertz CT molecular complexity index is 808. The minimum Gasteiger partial charge on any atom is -0.369 e. The number of nitrogens with zero attached hydrogens (tertiary/aromatic N) is 3. The smallest absolute Gasteiger partial charge is 0.107 e. The highest BCUT2D eigenvalue weighted by molar-refractivity contribution is 7.09. The third-order valence-electron chi connectivity index (χ3n) is 4.54. The first-order valence-corrected chi connectivity index (χ1v) is 9.76. The molecule has 0 bridgehead atoms. The highest BCUT2D eigenvalue weighted by Crippen LogP contribution is 2.24. The molecule has 1 aromatic heterocycles. The zero-order valence-corrected chi connectivity index (χ0v) is 15.5. The molecule has 2 aromatic carbocycles. The Balaban J connectivity index is 1.35. The average molecular weight is 370 g/mol. The van der Waals surface area contributed by atoms with E-state index in [0.29, 0.717) is 0 Å². The zero-order valence-electron chi connectivity index (χ0n) is 13.9. The van der Waals surface area contributed by atoms with Gasteiger partial charge in [0.15, 0.2) is 0 Å². The first kappa shape index (κ1) is 16.6. The highest BCUT2D eigenvalue weighted by Gasteiger charge is 2.18. The third-order valence-corrected chi connectivity index (χ3v) is 5.63. The van der Waals surface area contributed by atoms with Crippen LogP contribution in [0, 0.1) is 0 Å². The molecule has 0 amide bonds. The fourth-order valence-corrected chi connectivity index (χ4v) is 4.10. The van der Waals surface area contributed by atoms with Gasteiger partial charge in [0.25, 0.3) is 0 Å². The maximum atomic E-state index is 5.96. The molecule has 0 unspecified atom stereocenters. The molecule has 2 heterocycles. The van der Waals surface area contributed by atoms with Gasteiger partial charge in [-0.05, 0) is 24.3 Å². The number of hydrogen-bond acceptors (Lipinski definition) is 4. The average Bonchev–Trinajstić information content (AvgIpc) is 3.12. The Morgan fingerprint density at radius 2 is 1.64 bits per heavy atom. The number of thiazole rings is 1. The third kappa shape index (κ3) is 4.03. The number of benzene rings is 2. The molecule has 3 nitrogen and oxygen atoms in total. The Kier molecular flexibility index (Phi) is 5.02. The van der Waals surface area contributed by atoms with E-state index in [1.54, 1.807) is 11.3 Å². The van der Waals surface area contributed by atoms with E-state index in [1.807, 2.05) is 24.3 Å². The standard InChI is InChI=1S/C20H20ClN3S/c21-17-8-6-16(7-9-17)19-15-25-20(22-19)14-23-10-12-24(13-11-23)18-4-2-1-3-5-18/h1-9,15H,10-14H2. The van der Waals surface area contributed by atoms with Gasteiger partial charge in [0.1, 0.15) is 5.01 Å². The number of hydrogen-bond donors (Lipinski definition) is 0. The summed E-state index contributed by atoms with van der Waals surface area (Å²) in [7, 11) is 0. The second-order valence-electron chi connectivity index (χ2n) is 6.23. The highest BCUT2D eigenvalue weighted by atomic mass is 35.5. The second kappa shape index (κ2) is 7.56. The first-order valence-electron chi connectivity index (χ1n) is 8.51. The first-order chi connectivity index (χ1) is 12.3. The molecule has 5 heteroatoms. The topological polar surface area (TPSA) is 19.4 Å². The summed E-state index contributed by atoms with van der Waals surface area (Å²) in [4.78, 5) is 9.75. The molecular weight excluding hydrogens is 350 g/mol. The number of para-hydroxylation sites is 1. The van der Waals surface area contributed by atoms with E-state index in [2.05, 4.69) is 45.5 Å². The van der Waals surface area contributed by atoms with Gasteiger partial charge in [0, 0.05) is 47.8 Å². The summed E-state index contributed by atoms with van der Waals surface area (Å²) < 4.78 is 0. The molecule has 1 fully saturated rings. The zero-order chi connectivity index (χ0) is 17.1. The van der Waals surface area contributed by atoms with Gasteiger partial charge in [0.05, 0.1) is 12.2 Å². The Hall–Kier alpha value is -1.88. The minimum atomic E-state index is 0.760. The summed E-state index contributed by atoms with van der Waals surface area (Å²) >= 11 is 7.70. The summed E-state index contributed by atoms with van der Waals surface area (Å²) in [6.07, 6.45) is 0. The molecule has 0 aliphatic carbocycles. The summed E-state index contributed by atoms with van der Waals surface area (Å²) in [6.45, 7) is 5.22. The van der Waals surface area contributed by atoms with Crippen molar-refractivity contribution in [1.29, 1.82) is 0 Å². The molecule has 25 heavy (non-hydrogen) atoms. The van der Waals surface area contributed by atoms with Crippen LogP contribution in [0.5, 0.6) is 0 Å². The van der Waals surface area contributed by atoms with Crippen molar-refractivity contribution >= 4 is 28.6 Å². The summed E-state index contributed by atoms with van der Waals surface area (Å²) in [5.41, 5.74) is 3.49. The molecule has 4 rings (SSSR count). The molecule has 0 radical (unpaired) electrons. The molecule has 128 valence electrons. The quantitative estimate of drug-likeness (QED) is 0.659. The lowest BCUT2D eigenvalue weighted by Crippen LogP contribution is -2.45. The fourth-order valence-electron chi connectivity index (χ4n) is 3.13. The van der Waals surface area contributed by atoms with E-state index in [0.717, 1.165) is 49.0 Å². The van der Waals surface area contributed by atoms with Crippen LogP contribution >= 0.6 is 22.9 Å². The Labute approximate surface area is 157 Å². The van der Waals surface area contributed by atoms with Crippen molar-refractivity contribution in [3.05, 3.63) is 70.0 Å². The molecule has 0 atom stereocenters. The second-order valence-corrected chi connectivity index (χ2v) is 7.61. The number of halogens is 1. The summed E-state index contributed by atoms with van der Waals surface area (Å²) in [5, 5.41) is 4.08. The summed E-state index contributed by atoms with van der Waals surface area (Å²) in [6, 6.07) is 18.5. The van der Waals surface area contributed by atoms with Crippen LogP contribution in [0.25, 0.3) is 11.3 Å². The molecular formula is C20H20ClN3S. The van der Waals surface area contributed by atoms with Crippen molar-refractivity contribution in [1.82, 2.24) is 9.88 Å². The maximum absolute atomic E-state index is 5.96.